The third-order valence-corrected chi connectivity index (χ3v) is 5.18. The van der Waals surface area contributed by atoms with Crippen LogP contribution in [0, 0.1) is 13.8 Å². The van der Waals surface area contributed by atoms with Gasteiger partial charge in [-0.15, -0.1) is 0 Å². The smallest absolute Gasteiger partial charge is 0.336 e. The van der Waals surface area contributed by atoms with E-state index in [9.17, 15) is 4.79 Å². The van der Waals surface area contributed by atoms with Crippen molar-refractivity contribution < 1.29 is 4.42 Å². The maximum atomic E-state index is 11.9. The molecule has 0 aliphatic rings. The van der Waals surface area contributed by atoms with Crippen molar-refractivity contribution in [3.8, 4) is 0 Å². The molecule has 0 unspecified atom stereocenters. The molecule has 0 fully saturated rings. The molecule has 3 aromatic rings. The molecule has 0 saturated carbocycles. The summed E-state index contributed by atoms with van der Waals surface area (Å²) in [6, 6.07) is 13.6. The first-order valence-corrected chi connectivity index (χ1v) is 9.55. The van der Waals surface area contributed by atoms with Crippen LogP contribution in [-0.4, -0.2) is 5.17 Å². The molecular formula is C21H22N2O2S. The van der Waals surface area contributed by atoms with Gasteiger partial charge in [0.05, 0.1) is 5.69 Å². The Labute approximate surface area is 157 Å². The van der Waals surface area contributed by atoms with E-state index in [0.717, 1.165) is 39.7 Å². The molecule has 0 spiro atoms. The second-order valence-corrected chi connectivity index (χ2v) is 7.25. The van der Waals surface area contributed by atoms with E-state index in [-0.39, 0.29) is 5.63 Å². The number of amidine groups is 1. The third kappa shape index (κ3) is 3.99. The van der Waals surface area contributed by atoms with Gasteiger partial charge in [0.1, 0.15) is 5.58 Å². The number of hydrogen-bond donors (Lipinski definition) is 1. The first kappa shape index (κ1) is 18.3. The number of rotatable bonds is 4. The summed E-state index contributed by atoms with van der Waals surface area (Å²) in [7, 11) is 0. The van der Waals surface area contributed by atoms with Gasteiger partial charge in [0.25, 0.3) is 0 Å². The highest BCUT2D eigenvalue weighted by Crippen LogP contribution is 2.26. The molecule has 5 heteroatoms. The van der Waals surface area contributed by atoms with Gasteiger partial charge in [0.2, 0.25) is 0 Å². The van der Waals surface area contributed by atoms with Crippen LogP contribution >= 0.6 is 11.8 Å². The molecule has 0 aliphatic carbocycles. The third-order valence-electron chi connectivity index (χ3n) is 4.34. The maximum Gasteiger partial charge on any atom is 0.336 e. The number of aliphatic imine (C=N–C) groups is 1. The van der Waals surface area contributed by atoms with Crippen LogP contribution in [0.5, 0.6) is 0 Å². The first-order chi connectivity index (χ1) is 12.5. The van der Waals surface area contributed by atoms with Gasteiger partial charge in [-0.3, -0.25) is 0 Å². The van der Waals surface area contributed by atoms with E-state index >= 15 is 0 Å². The zero-order valence-corrected chi connectivity index (χ0v) is 16.0. The monoisotopic (exact) mass is 366 g/mol. The second kappa shape index (κ2) is 7.79. The van der Waals surface area contributed by atoms with Gasteiger partial charge in [-0.05, 0) is 48.6 Å². The number of nitrogens with zero attached hydrogens (tertiary/aromatic N) is 1. The highest BCUT2D eigenvalue weighted by atomic mass is 32.2. The van der Waals surface area contributed by atoms with Crippen LogP contribution in [-0.2, 0) is 12.2 Å². The molecule has 0 aliphatic heterocycles. The minimum Gasteiger partial charge on any atom is -0.423 e. The van der Waals surface area contributed by atoms with E-state index in [0.29, 0.717) is 16.5 Å². The maximum absolute atomic E-state index is 11.9. The van der Waals surface area contributed by atoms with Gasteiger partial charge in [-0.25, -0.2) is 9.79 Å². The molecule has 4 nitrogen and oxygen atoms in total. The van der Waals surface area contributed by atoms with Crippen LogP contribution in [0.3, 0.4) is 0 Å². The molecule has 2 N–H and O–H groups in total. The molecule has 0 atom stereocenters. The van der Waals surface area contributed by atoms with Crippen molar-refractivity contribution in [1.82, 2.24) is 0 Å². The largest absolute Gasteiger partial charge is 0.423 e. The van der Waals surface area contributed by atoms with Gasteiger partial charge in [0.15, 0.2) is 5.17 Å². The van der Waals surface area contributed by atoms with Crippen LogP contribution in [0.15, 0.2) is 56.7 Å². The number of para-hydroxylation sites is 1. The minimum atomic E-state index is -0.341. The fourth-order valence-electron chi connectivity index (χ4n) is 2.89. The Morgan fingerprint density at radius 1 is 1.15 bits per heavy atom. The fraction of sp³-hybridized carbons (Fsp3) is 0.238. The zero-order valence-electron chi connectivity index (χ0n) is 15.2. The number of aryl methyl sites for hydroxylation is 3. The summed E-state index contributed by atoms with van der Waals surface area (Å²) in [6.45, 7) is 6.11. The summed E-state index contributed by atoms with van der Waals surface area (Å²) >= 11 is 1.42. The zero-order chi connectivity index (χ0) is 18.7. The Morgan fingerprint density at radius 3 is 2.58 bits per heavy atom. The lowest BCUT2D eigenvalue weighted by molar-refractivity contribution is 0.559. The van der Waals surface area contributed by atoms with Crippen LogP contribution in [0.2, 0.25) is 0 Å². The fourth-order valence-corrected chi connectivity index (χ4v) is 3.59. The van der Waals surface area contributed by atoms with Crippen molar-refractivity contribution in [3.05, 3.63) is 75.1 Å². The molecule has 26 heavy (non-hydrogen) atoms. The lowest BCUT2D eigenvalue weighted by atomic mass is 10.1. The first-order valence-electron chi connectivity index (χ1n) is 8.56. The number of fused-ring (bicyclic) bond motifs is 1. The molecule has 1 aromatic heterocycles. The SMILES string of the molecule is CCc1ccc2c(CSC(N)=Nc3c(C)cccc3C)cc(=O)oc2c1. The molecule has 0 saturated heterocycles. The molecule has 3 rings (SSSR count). The quantitative estimate of drug-likeness (QED) is 0.407. The van der Waals surface area contributed by atoms with Gasteiger partial charge < -0.3 is 10.2 Å². The lowest BCUT2D eigenvalue weighted by Gasteiger charge is -2.08. The molecule has 0 bridgehead atoms. The highest BCUT2D eigenvalue weighted by Gasteiger charge is 2.08. The average molecular weight is 366 g/mol. The van der Waals surface area contributed by atoms with Crippen molar-refractivity contribution in [2.75, 3.05) is 0 Å². The van der Waals surface area contributed by atoms with Crippen molar-refractivity contribution in [1.29, 1.82) is 0 Å². The van der Waals surface area contributed by atoms with Crippen LogP contribution in [0.25, 0.3) is 11.0 Å². The van der Waals surface area contributed by atoms with Crippen molar-refractivity contribution >= 4 is 33.6 Å². The van der Waals surface area contributed by atoms with Crippen molar-refractivity contribution in [2.24, 2.45) is 10.7 Å². The topological polar surface area (TPSA) is 68.6 Å². The average Bonchev–Trinajstić information content (AvgIpc) is 2.62. The van der Waals surface area contributed by atoms with Crippen molar-refractivity contribution in [3.63, 3.8) is 0 Å². The van der Waals surface area contributed by atoms with E-state index in [2.05, 4.69) is 18.0 Å². The number of benzene rings is 2. The Morgan fingerprint density at radius 2 is 1.88 bits per heavy atom. The summed E-state index contributed by atoms with van der Waals surface area (Å²) < 4.78 is 5.35. The number of hydrogen-bond acceptors (Lipinski definition) is 4. The Bertz CT molecular complexity index is 1020. The number of nitrogens with two attached hydrogens (primary N) is 1. The van der Waals surface area contributed by atoms with Crippen LogP contribution in [0.4, 0.5) is 5.69 Å². The summed E-state index contributed by atoms with van der Waals surface area (Å²) in [5, 5.41) is 1.42. The normalized spacial score (nSPS) is 11.9. The summed E-state index contributed by atoms with van der Waals surface area (Å²) in [4.78, 5) is 16.5. The molecule has 0 radical (unpaired) electrons. The molecule has 2 aromatic carbocycles. The Balaban J connectivity index is 1.87. The van der Waals surface area contributed by atoms with Crippen LogP contribution < -0.4 is 11.4 Å². The lowest BCUT2D eigenvalue weighted by Crippen LogP contribution is -2.08. The standard InChI is InChI=1S/C21H22N2O2S/c1-4-15-8-9-17-16(11-19(24)25-18(17)10-15)12-26-21(22)23-20-13(2)6-5-7-14(20)3/h5-11H,4,12H2,1-3H3,(H2,22,23). The summed E-state index contributed by atoms with van der Waals surface area (Å²) in [5.41, 5.74) is 11.5. The van der Waals surface area contributed by atoms with E-state index in [4.69, 9.17) is 10.2 Å². The molecule has 134 valence electrons. The van der Waals surface area contributed by atoms with E-state index in [1.54, 1.807) is 0 Å². The predicted octanol–water partition coefficient (Wildman–Crippen LogP) is 4.85. The Hall–Kier alpha value is -2.53. The minimum absolute atomic E-state index is 0.341. The molecular weight excluding hydrogens is 344 g/mol. The summed E-state index contributed by atoms with van der Waals surface area (Å²) in [6.07, 6.45) is 0.897. The van der Waals surface area contributed by atoms with E-state index in [1.807, 2.05) is 44.2 Å². The van der Waals surface area contributed by atoms with E-state index in [1.165, 1.54) is 17.8 Å². The van der Waals surface area contributed by atoms with Gasteiger partial charge in [-0.2, -0.15) is 0 Å². The van der Waals surface area contributed by atoms with Gasteiger partial charge in [-0.1, -0.05) is 49.0 Å². The second-order valence-electron chi connectivity index (χ2n) is 6.25. The number of thioether (sulfide) groups is 1. The summed E-state index contributed by atoms with van der Waals surface area (Å²) in [5.74, 6) is 0.563. The predicted molar refractivity (Wildman–Crippen MR) is 110 cm³/mol. The highest BCUT2D eigenvalue weighted by molar-refractivity contribution is 8.13. The molecule has 1 heterocycles. The van der Waals surface area contributed by atoms with E-state index < -0.39 is 0 Å². The molecule has 0 amide bonds. The Kier molecular flexibility index (Phi) is 5.47. The van der Waals surface area contributed by atoms with Crippen molar-refractivity contribution in [2.45, 2.75) is 32.9 Å². The van der Waals surface area contributed by atoms with Gasteiger partial charge >= 0.3 is 5.63 Å². The van der Waals surface area contributed by atoms with Crippen LogP contribution in [0.1, 0.15) is 29.2 Å². The van der Waals surface area contributed by atoms with Gasteiger partial charge in [0, 0.05) is 17.2 Å².